The fourth-order valence-electron chi connectivity index (χ4n) is 4.20. The summed E-state index contributed by atoms with van der Waals surface area (Å²) in [5, 5.41) is 3.77. The first kappa shape index (κ1) is 21.3. The summed E-state index contributed by atoms with van der Waals surface area (Å²) in [4.78, 5) is 17.1. The molecule has 1 amide bonds. The molecule has 1 aromatic carbocycles. The van der Waals surface area contributed by atoms with Gasteiger partial charge in [-0.15, -0.1) is 0 Å². The van der Waals surface area contributed by atoms with Crippen molar-refractivity contribution in [1.29, 1.82) is 0 Å². The van der Waals surface area contributed by atoms with Crippen molar-refractivity contribution in [3.05, 3.63) is 64.4 Å². The molecule has 160 valence electrons. The maximum atomic E-state index is 12.6. The van der Waals surface area contributed by atoms with Crippen LogP contribution in [0.15, 0.2) is 42.6 Å². The second kappa shape index (κ2) is 8.29. The zero-order valence-corrected chi connectivity index (χ0v) is 18.5. The van der Waals surface area contributed by atoms with Crippen molar-refractivity contribution in [3.63, 3.8) is 0 Å². The number of halogens is 1. The van der Waals surface area contributed by atoms with E-state index in [4.69, 9.17) is 11.6 Å². The standard InChI is InChI=1S/C22H26ClN3O3S/c1-30(28,29)26-12-4-5-17(14-26)20-9-8-16(13-24-20)21(27)25-15-22(10-11-22)18-6-2-3-7-19(18)23/h2-3,6-9,13,17H,4-5,10-12,14-15H2,1H3,(H,25,27). The van der Waals surface area contributed by atoms with Gasteiger partial charge in [-0.2, -0.15) is 0 Å². The Bertz CT molecular complexity index is 1040. The first-order valence-electron chi connectivity index (χ1n) is 10.2. The van der Waals surface area contributed by atoms with Gasteiger partial charge in [0.25, 0.3) is 5.91 Å². The highest BCUT2D eigenvalue weighted by atomic mass is 35.5. The monoisotopic (exact) mass is 447 g/mol. The normalized spacial score (nSPS) is 21.2. The molecule has 0 bridgehead atoms. The van der Waals surface area contributed by atoms with Crippen molar-refractivity contribution in [2.75, 3.05) is 25.9 Å². The van der Waals surface area contributed by atoms with Crippen LogP contribution in [-0.4, -0.2) is 49.5 Å². The van der Waals surface area contributed by atoms with Crippen LogP contribution in [-0.2, 0) is 15.4 Å². The third-order valence-electron chi connectivity index (χ3n) is 6.21. The molecule has 1 aromatic heterocycles. The van der Waals surface area contributed by atoms with Crippen molar-refractivity contribution in [1.82, 2.24) is 14.6 Å². The third kappa shape index (κ3) is 4.53. The van der Waals surface area contributed by atoms with Crippen LogP contribution in [0.5, 0.6) is 0 Å². The van der Waals surface area contributed by atoms with Crippen molar-refractivity contribution < 1.29 is 13.2 Å². The summed E-state index contributed by atoms with van der Waals surface area (Å²) in [6.45, 7) is 1.55. The highest BCUT2D eigenvalue weighted by molar-refractivity contribution is 7.88. The highest BCUT2D eigenvalue weighted by Crippen LogP contribution is 2.49. The largest absolute Gasteiger partial charge is 0.351 e. The Labute approximate surface area is 182 Å². The first-order valence-corrected chi connectivity index (χ1v) is 12.5. The molecule has 2 fully saturated rings. The van der Waals surface area contributed by atoms with E-state index in [-0.39, 0.29) is 17.2 Å². The molecule has 0 radical (unpaired) electrons. The SMILES string of the molecule is CS(=O)(=O)N1CCCC(c2ccc(C(=O)NCC3(c4ccccc4Cl)CC3)cn2)C1. The molecule has 30 heavy (non-hydrogen) atoms. The maximum Gasteiger partial charge on any atom is 0.252 e. The van der Waals surface area contributed by atoms with Gasteiger partial charge in [0, 0.05) is 47.9 Å². The molecule has 1 aliphatic carbocycles. The van der Waals surface area contributed by atoms with Crippen LogP contribution in [0.2, 0.25) is 5.02 Å². The molecular weight excluding hydrogens is 422 g/mol. The zero-order chi connectivity index (χ0) is 21.4. The number of aromatic nitrogens is 1. The van der Waals surface area contributed by atoms with E-state index in [1.807, 2.05) is 30.3 Å². The Morgan fingerprint density at radius 3 is 2.67 bits per heavy atom. The maximum absolute atomic E-state index is 12.6. The lowest BCUT2D eigenvalue weighted by Gasteiger charge is -2.30. The van der Waals surface area contributed by atoms with Gasteiger partial charge in [0.05, 0.1) is 11.8 Å². The zero-order valence-electron chi connectivity index (χ0n) is 17.0. The number of piperidine rings is 1. The van der Waals surface area contributed by atoms with Crippen LogP contribution in [0.4, 0.5) is 0 Å². The van der Waals surface area contributed by atoms with E-state index >= 15 is 0 Å². The van der Waals surface area contributed by atoms with Gasteiger partial charge < -0.3 is 5.32 Å². The number of nitrogens with zero attached hydrogens (tertiary/aromatic N) is 2. The summed E-state index contributed by atoms with van der Waals surface area (Å²) in [6, 6.07) is 11.4. The molecule has 8 heteroatoms. The van der Waals surface area contributed by atoms with E-state index in [1.165, 1.54) is 10.6 Å². The van der Waals surface area contributed by atoms with E-state index < -0.39 is 10.0 Å². The van der Waals surface area contributed by atoms with Crippen LogP contribution < -0.4 is 5.32 Å². The second-order valence-electron chi connectivity index (χ2n) is 8.37. The minimum Gasteiger partial charge on any atom is -0.351 e. The molecule has 0 spiro atoms. The molecule has 2 aliphatic rings. The van der Waals surface area contributed by atoms with Crippen LogP contribution in [0.1, 0.15) is 53.2 Å². The number of rotatable bonds is 6. The van der Waals surface area contributed by atoms with Gasteiger partial charge in [0.15, 0.2) is 0 Å². The molecule has 2 aromatic rings. The van der Waals surface area contributed by atoms with E-state index in [1.54, 1.807) is 12.3 Å². The molecule has 1 saturated carbocycles. The number of hydrogen-bond acceptors (Lipinski definition) is 4. The fourth-order valence-corrected chi connectivity index (χ4v) is 5.45. The van der Waals surface area contributed by atoms with Crippen molar-refractivity contribution in [2.45, 2.75) is 37.0 Å². The Kier molecular flexibility index (Phi) is 5.88. The molecule has 2 heterocycles. The average Bonchev–Trinajstić information content (AvgIpc) is 3.53. The van der Waals surface area contributed by atoms with Crippen LogP contribution in [0, 0.1) is 0 Å². The van der Waals surface area contributed by atoms with E-state index in [9.17, 15) is 13.2 Å². The Balaban J connectivity index is 1.38. The van der Waals surface area contributed by atoms with E-state index in [2.05, 4.69) is 10.3 Å². The minimum atomic E-state index is -3.20. The summed E-state index contributed by atoms with van der Waals surface area (Å²) in [5.74, 6) is -0.102. The van der Waals surface area contributed by atoms with Gasteiger partial charge >= 0.3 is 0 Å². The summed E-state index contributed by atoms with van der Waals surface area (Å²) < 4.78 is 25.2. The molecule has 1 unspecified atom stereocenters. The molecule has 4 rings (SSSR count). The first-order chi connectivity index (χ1) is 14.3. The number of nitrogens with one attached hydrogen (secondary N) is 1. The van der Waals surface area contributed by atoms with Gasteiger partial charge in [-0.05, 0) is 49.4 Å². The Hall–Kier alpha value is -1.96. The van der Waals surface area contributed by atoms with Gasteiger partial charge in [-0.3, -0.25) is 9.78 Å². The minimum absolute atomic E-state index is 0.0561. The average molecular weight is 448 g/mol. The topological polar surface area (TPSA) is 79.4 Å². The second-order valence-corrected chi connectivity index (χ2v) is 10.8. The number of hydrogen-bond donors (Lipinski definition) is 1. The molecular formula is C22H26ClN3O3S. The van der Waals surface area contributed by atoms with Crippen molar-refractivity contribution >= 4 is 27.5 Å². The number of carbonyl (C=O) groups is 1. The van der Waals surface area contributed by atoms with E-state index in [0.717, 1.165) is 42.0 Å². The third-order valence-corrected chi connectivity index (χ3v) is 7.81. The lowest BCUT2D eigenvalue weighted by atomic mass is 9.95. The van der Waals surface area contributed by atoms with Gasteiger partial charge in [0.2, 0.25) is 10.0 Å². The molecule has 6 nitrogen and oxygen atoms in total. The molecule has 1 saturated heterocycles. The van der Waals surface area contributed by atoms with Gasteiger partial charge in [-0.1, -0.05) is 29.8 Å². The van der Waals surface area contributed by atoms with E-state index in [0.29, 0.717) is 25.2 Å². The summed E-state index contributed by atoms with van der Waals surface area (Å²) >= 11 is 6.35. The number of sulfonamides is 1. The lowest BCUT2D eigenvalue weighted by Crippen LogP contribution is -2.38. The quantitative estimate of drug-likeness (QED) is 0.736. The number of benzene rings is 1. The smallest absolute Gasteiger partial charge is 0.252 e. The molecule has 1 N–H and O–H groups in total. The summed E-state index contributed by atoms with van der Waals surface area (Å²) in [7, 11) is -3.20. The van der Waals surface area contributed by atoms with Gasteiger partial charge in [-0.25, -0.2) is 12.7 Å². The fraction of sp³-hybridized carbons (Fsp3) is 0.455. The van der Waals surface area contributed by atoms with Crippen LogP contribution >= 0.6 is 11.6 Å². The summed E-state index contributed by atoms with van der Waals surface area (Å²) in [5.41, 5.74) is 2.35. The number of carbonyl (C=O) groups excluding carboxylic acids is 1. The molecule has 1 atom stereocenters. The predicted molar refractivity (Wildman–Crippen MR) is 117 cm³/mol. The predicted octanol–water partition coefficient (Wildman–Crippen LogP) is 3.34. The number of pyridine rings is 1. The van der Waals surface area contributed by atoms with Crippen molar-refractivity contribution in [3.8, 4) is 0 Å². The van der Waals surface area contributed by atoms with Gasteiger partial charge in [0.1, 0.15) is 0 Å². The Morgan fingerprint density at radius 1 is 1.27 bits per heavy atom. The number of amides is 1. The Morgan fingerprint density at radius 2 is 2.03 bits per heavy atom. The highest BCUT2D eigenvalue weighted by Gasteiger charge is 2.45. The summed E-state index contributed by atoms with van der Waals surface area (Å²) in [6.07, 6.45) is 6.54. The lowest BCUT2D eigenvalue weighted by molar-refractivity contribution is 0.0949. The van der Waals surface area contributed by atoms with Crippen LogP contribution in [0.25, 0.3) is 0 Å². The van der Waals surface area contributed by atoms with Crippen molar-refractivity contribution in [2.24, 2.45) is 0 Å². The molecule has 1 aliphatic heterocycles. The van der Waals surface area contributed by atoms with Crippen LogP contribution in [0.3, 0.4) is 0 Å².